The third-order valence-electron chi connectivity index (χ3n) is 4.56. The number of alkyl halides is 3. The second-order valence-electron chi connectivity index (χ2n) is 6.18. The molecule has 2 aliphatic rings. The number of carbonyl (C=O) groups excluding carboxylic acids is 1. The van der Waals surface area contributed by atoms with Crippen LogP contribution in [0, 0.1) is 5.92 Å². The Morgan fingerprint density at radius 2 is 1.84 bits per heavy atom. The Bertz CT molecular complexity index is 675. The van der Waals surface area contributed by atoms with Crippen LogP contribution in [0.4, 0.5) is 13.2 Å². The summed E-state index contributed by atoms with van der Waals surface area (Å²) in [6.45, 7) is 1.69. The lowest BCUT2D eigenvalue weighted by atomic mass is 9.96. The number of pyridine rings is 1. The number of carbonyl (C=O) groups is 1. The van der Waals surface area contributed by atoms with E-state index in [0.29, 0.717) is 39.1 Å². The fourth-order valence-electron chi connectivity index (χ4n) is 3.19. The fourth-order valence-corrected chi connectivity index (χ4v) is 3.19. The summed E-state index contributed by atoms with van der Waals surface area (Å²) in [5, 5.41) is 0. The molecule has 0 spiro atoms. The zero-order chi connectivity index (χ0) is 18.0. The van der Waals surface area contributed by atoms with Crippen LogP contribution in [0.1, 0.15) is 18.4 Å². The Labute approximate surface area is 142 Å². The molecule has 0 bridgehead atoms. The molecule has 0 N–H and O–H groups in total. The monoisotopic (exact) mass is 360 g/mol. The second-order valence-corrected chi connectivity index (χ2v) is 6.18. The van der Waals surface area contributed by atoms with Crippen molar-refractivity contribution in [2.24, 2.45) is 5.92 Å². The van der Waals surface area contributed by atoms with E-state index in [1.807, 2.05) is 0 Å². The SMILES string of the molecule is O=C(Cn1cccc(C(F)(F)F)c1=O)N1CCC(C2OCCO2)CC1. The summed E-state index contributed by atoms with van der Waals surface area (Å²) in [7, 11) is 0. The summed E-state index contributed by atoms with van der Waals surface area (Å²) in [5.41, 5.74) is -2.47. The average molecular weight is 360 g/mol. The molecule has 0 atom stereocenters. The molecule has 2 saturated heterocycles. The molecule has 3 heterocycles. The van der Waals surface area contributed by atoms with Crippen molar-refractivity contribution in [2.75, 3.05) is 26.3 Å². The molecule has 2 fully saturated rings. The summed E-state index contributed by atoms with van der Waals surface area (Å²) in [6.07, 6.45) is -2.36. The fraction of sp³-hybridized carbons (Fsp3) is 0.625. The van der Waals surface area contributed by atoms with Crippen LogP contribution < -0.4 is 5.56 Å². The Hall–Kier alpha value is -1.87. The average Bonchev–Trinajstić information content (AvgIpc) is 3.10. The first-order valence-electron chi connectivity index (χ1n) is 8.14. The predicted octanol–water partition coefficient (Wildman–Crippen LogP) is 1.48. The zero-order valence-corrected chi connectivity index (χ0v) is 13.5. The molecule has 1 aromatic rings. The van der Waals surface area contributed by atoms with E-state index in [1.165, 1.54) is 6.20 Å². The van der Waals surface area contributed by atoms with Gasteiger partial charge in [-0.25, -0.2) is 0 Å². The molecule has 0 radical (unpaired) electrons. The third-order valence-corrected chi connectivity index (χ3v) is 4.56. The van der Waals surface area contributed by atoms with E-state index in [2.05, 4.69) is 0 Å². The molecule has 0 saturated carbocycles. The lowest BCUT2D eigenvalue weighted by Gasteiger charge is -2.34. The van der Waals surface area contributed by atoms with E-state index in [9.17, 15) is 22.8 Å². The van der Waals surface area contributed by atoms with E-state index in [1.54, 1.807) is 4.90 Å². The molecule has 25 heavy (non-hydrogen) atoms. The van der Waals surface area contributed by atoms with Gasteiger partial charge in [0.15, 0.2) is 6.29 Å². The Morgan fingerprint density at radius 1 is 1.20 bits per heavy atom. The van der Waals surface area contributed by atoms with Crippen LogP contribution in [0.3, 0.4) is 0 Å². The lowest BCUT2D eigenvalue weighted by Crippen LogP contribution is -2.44. The zero-order valence-electron chi connectivity index (χ0n) is 13.5. The van der Waals surface area contributed by atoms with Gasteiger partial charge >= 0.3 is 6.18 Å². The first kappa shape index (κ1) is 17.9. The molecule has 2 aliphatic heterocycles. The standard InChI is InChI=1S/C16H19F3N2O4/c17-16(18,19)12-2-1-5-21(14(12)23)10-13(22)20-6-3-11(4-7-20)15-24-8-9-25-15/h1-2,5,11,15H,3-4,6-10H2. The maximum Gasteiger partial charge on any atom is 0.421 e. The number of aromatic nitrogens is 1. The minimum absolute atomic E-state index is 0.211. The number of hydrogen-bond acceptors (Lipinski definition) is 4. The second kappa shape index (κ2) is 7.17. The molecule has 0 aliphatic carbocycles. The number of ether oxygens (including phenoxy) is 2. The first-order chi connectivity index (χ1) is 11.9. The molecule has 138 valence electrons. The van der Waals surface area contributed by atoms with Crippen molar-refractivity contribution in [2.45, 2.75) is 31.9 Å². The topological polar surface area (TPSA) is 60.8 Å². The van der Waals surface area contributed by atoms with Crippen LogP contribution in [0.15, 0.2) is 23.1 Å². The van der Waals surface area contributed by atoms with Gasteiger partial charge in [0.2, 0.25) is 5.91 Å². The van der Waals surface area contributed by atoms with Crippen molar-refractivity contribution in [3.63, 3.8) is 0 Å². The van der Waals surface area contributed by atoms with E-state index >= 15 is 0 Å². The van der Waals surface area contributed by atoms with Crippen LogP contribution in [-0.2, 0) is 27.0 Å². The summed E-state index contributed by atoms with van der Waals surface area (Å²) >= 11 is 0. The van der Waals surface area contributed by atoms with Crippen molar-refractivity contribution in [1.82, 2.24) is 9.47 Å². The first-order valence-corrected chi connectivity index (χ1v) is 8.14. The number of likely N-dealkylation sites (tertiary alicyclic amines) is 1. The van der Waals surface area contributed by atoms with Crippen molar-refractivity contribution in [3.05, 3.63) is 34.2 Å². The minimum atomic E-state index is -4.73. The highest BCUT2D eigenvalue weighted by Crippen LogP contribution is 2.27. The Kier molecular flexibility index (Phi) is 5.14. The van der Waals surface area contributed by atoms with Gasteiger partial charge in [0.25, 0.3) is 5.56 Å². The summed E-state index contributed by atoms with van der Waals surface area (Å²) < 4.78 is 50.1. The molecule has 0 unspecified atom stereocenters. The summed E-state index contributed by atoms with van der Waals surface area (Å²) in [4.78, 5) is 25.8. The maximum absolute atomic E-state index is 12.8. The Balaban J connectivity index is 1.61. The normalized spacial score (nSPS) is 20.2. The van der Waals surface area contributed by atoms with Crippen LogP contribution in [0.2, 0.25) is 0 Å². The highest BCUT2D eigenvalue weighted by atomic mass is 19.4. The maximum atomic E-state index is 12.8. The number of nitrogens with zero attached hydrogens (tertiary/aromatic N) is 2. The van der Waals surface area contributed by atoms with Gasteiger partial charge in [-0.2, -0.15) is 13.2 Å². The highest BCUT2D eigenvalue weighted by Gasteiger charge is 2.35. The van der Waals surface area contributed by atoms with Gasteiger partial charge in [-0.3, -0.25) is 9.59 Å². The van der Waals surface area contributed by atoms with Gasteiger partial charge in [-0.15, -0.1) is 0 Å². The molecular formula is C16H19F3N2O4. The van der Waals surface area contributed by atoms with Crippen molar-refractivity contribution in [1.29, 1.82) is 0 Å². The minimum Gasteiger partial charge on any atom is -0.350 e. The van der Waals surface area contributed by atoms with E-state index in [4.69, 9.17) is 9.47 Å². The number of amides is 1. The smallest absolute Gasteiger partial charge is 0.350 e. The number of piperidine rings is 1. The van der Waals surface area contributed by atoms with Crippen molar-refractivity contribution < 1.29 is 27.4 Å². The molecule has 9 heteroatoms. The quantitative estimate of drug-likeness (QED) is 0.819. The van der Waals surface area contributed by atoms with Gasteiger partial charge in [0.1, 0.15) is 12.1 Å². The van der Waals surface area contributed by atoms with Gasteiger partial charge in [0, 0.05) is 25.2 Å². The van der Waals surface area contributed by atoms with Crippen LogP contribution >= 0.6 is 0 Å². The van der Waals surface area contributed by atoms with Gasteiger partial charge in [-0.05, 0) is 25.0 Å². The van der Waals surface area contributed by atoms with Gasteiger partial charge in [0.05, 0.1) is 13.2 Å². The van der Waals surface area contributed by atoms with Crippen LogP contribution in [0.5, 0.6) is 0 Å². The number of halogens is 3. The molecule has 6 nitrogen and oxygen atoms in total. The number of rotatable bonds is 3. The van der Waals surface area contributed by atoms with Crippen LogP contribution in [-0.4, -0.2) is 48.0 Å². The molecule has 0 aromatic carbocycles. The van der Waals surface area contributed by atoms with Crippen molar-refractivity contribution >= 4 is 5.91 Å². The van der Waals surface area contributed by atoms with Gasteiger partial charge < -0.3 is 18.9 Å². The number of hydrogen-bond donors (Lipinski definition) is 0. The molecule has 1 aromatic heterocycles. The summed E-state index contributed by atoms with van der Waals surface area (Å²) in [5.74, 6) is -0.157. The van der Waals surface area contributed by atoms with Gasteiger partial charge in [-0.1, -0.05) is 0 Å². The molecule has 3 rings (SSSR count). The lowest BCUT2D eigenvalue weighted by molar-refractivity contribution is -0.140. The van der Waals surface area contributed by atoms with Crippen molar-refractivity contribution in [3.8, 4) is 0 Å². The largest absolute Gasteiger partial charge is 0.421 e. The van der Waals surface area contributed by atoms with Crippen LogP contribution in [0.25, 0.3) is 0 Å². The molecule has 1 amide bonds. The highest BCUT2D eigenvalue weighted by molar-refractivity contribution is 5.76. The molecular weight excluding hydrogens is 341 g/mol. The predicted molar refractivity (Wildman–Crippen MR) is 80.7 cm³/mol. The van der Waals surface area contributed by atoms with E-state index in [-0.39, 0.29) is 18.1 Å². The van der Waals surface area contributed by atoms with E-state index in [0.717, 1.165) is 16.7 Å². The van der Waals surface area contributed by atoms with E-state index < -0.39 is 23.8 Å². The summed E-state index contributed by atoms with van der Waals surface area (Å²) in [6, 6.07) is 1.84. The Morgan fingerprint density at radius 3 is 2.44 bits per heavy atom. The third kappa shape index (κ3) is 4.04.